The number of hydrogen-bond acceptors (Lipinski definition) is 3. The molecule has 4 nitrogen and oxygen atoms in total. The molecule has 0 atom stereocenters. The van der Waals surface area contributed by atoms with Crippen molar-refractivity contribution in [2.45, 2.75) is 13.1 Å². The lowest BCUT2D eigenvalue weighted by molar-refractivity contribution is -0.139. The Balaban J connectivity index is 2.46. The predicted octanol–water partition coefficient (Wildman–Crippen LogP) is 1.63. The Kier molecular flexibility index (Phi) is 4.41. The number of carbonyl (C=O) groups excluding carboxylic acids is 1. The van der Waals surface area contributed by atoms with E-state index < -0.39 is 25.2 Å². The van der Waals surface area contributed by atoms with Crippen LogP contribution in [0.2, 0.25) is 0 Å². The minimum Gasteiger partial charge on any atom is -0.483 e. The Morgan fingerprint density at radius 1 is 1.44 bits per heavy atom. The van der Waals surface area contributed by atoms with Crippen LogP contribution in [0.15, 0.2) is 18.2 Å². The molecule has 1 amide bonds. The highest BCUT2D eigenvalue weighted by molar-refractivity contribution is 5.77. The fourth-order valence-electron chi connectivity index (χ4n) is 1.18. The van der Waals surface area contributed by atoms with E-state index in [-0.39, 0.29) is 0 Å². The van der Waals surface area contributed by atoms with Crippen LogP contribution in [0.5, 0.6) is 5.75 Å². The summed E-state index contributed by atoms with van der Waals surface area (Å²) in [6, 6.07) is 4.87. The number of ether oxygens (including phenoxy) is 1. The molecule has 0 heterocycles. The standard InChI is InChI=1S/C11H13F3N2O2/c1-7-8(15)3-2-4-9(7)18-5-10(17)16-6-11(12,13)14/h2-4H,5-6,15H2,1H3,(H,16,17). The highest BCUT2D eigenvalue weighted by Gasteiger charge is 2.27. The lowest BCUT2D eigenvalue weighted by Gasteiger charge is -2.11. The van der Waals surface area contributed by atoms with E-state index in [4.69, 9.17) is 10.5 Å². The van der Waals surface area contributed by atoms with E-state index >= 15 is 0 Å². The summed E-state index contributed by atoms with van der Waals surface area (Å²) in [5.74, 6) is -0.466. The molecule has 0 unspecified atom stereocenters. The highest BCUT2D eigenvalue weighted by Crippen LogP contribution is 2.22. The topological polar surface area (TPSA) is 64.3 Å². The van der Waals surface area contributed by atoms with Crippen molar-refractivity contribution in [2.75, 3.05) is 18.9 Å². The van der Waals surface area contributed by atoms with Gasteiger partial charge in [-0.25, -0.2) is 0 Å². The van der Waals surface area contributed by atoms with Gasteiger partial charge in [0.25, 0.3) is 5.91 Å². The van der Waals surface area contributed by atoms with Crippen LogP contribution in [-0.2, 0) is 4.79 Å². The van der Waals surface area contributed by atoms with Crippen LogP contribution in [0.3, 0.4) is 0 Å². The van der Waals surface area contributed by atoms with Crippen LogP contribution in [0, 0.1) is 6.92 Å². The Bertz CT molecular complexity index is 433. The quantitative estimate of drug-likeness (QED) is 0.811. The molecule has 0 fully saturated rings. The Morgan fingerprint density at radius 3 is 2.72 bits per heavy atom. The minimum atomic E-state index is -4.43. The van der Waals surface area contributed by atoms with Crippen molar-refractivity contribution >= 4 is 11.6 Å². The number of hydrogen-bond donors (Lipinski definition) is 2. The summed E-state index contributed by atoms with van der Waals surface area (Å²) in [6.45, 7) is -0.163. The summed E-state index contributed by atoms with van der Waals surface area (Å²) in [7, 11) is 0. The number of nitrogen functional groups attached to an aromatic ring is 1. The number of nitrogens with one attached hydrogen (secondary N) is 1. The first-order chi connectivity index (χ1) is 8.29. The van der Waals surface area contributed by atoms with Gasteiger partial charge in [-0.1, -0.05) is 6.07 Å². The molecular formula is C11H13F3N2O2. The molecule has 1 rings (SSSR count). The molecule has 0 aliphatic heterocycles. The van der Waals surface area contributed by atoms with Gasteiger partial charge in [-0.05, 0) is 19.1 Å². The molecule has 0 spiro atoms. The van der Waals surface area contributed by atoms with Crippen molar-refractivity contribution in [3.63, 3.8) is 0 Å². The van der Waals surface area contributed by atoms with Crippen molar-refractivity contribution in [3.8, 4) is 5.75 Å². The van der Waals surface area contributed by atoms with E-state index in [9.17, 15) is 18.0 Å². The molecule has 100 valence electrons. The average Bonchev–Trinajstić information content (AvgIpc) is 2.27. The zero-order valence-corrected chi connectivity index (χ0v) is 9.67. The largest absolute Gasteiger partial charge is 0.483 e. The van der Waals surface area contributed by atoms with Gasteiger partial charge in [-0.3, -0.25) is 4.79 Å². The first-order valence-corrected chi connectivity index (χ1v) is 5.11. The van der Waals surface area contributed by atoms with E-state index in [0.29, 0.717) is 17.0 Å². The monoisotopic (exact) mass is 262 g/mol. The van der Waals surface area contributed by atoms with E-state index in [1.807, 2.05) is 0 Å². The van der Waals surface area contributed by atoms with Crippen LogP contribution in [-0.4, -0.2) is 25.2 Å². The number of carbonyl (C=O) groups is 1. The Labute approximate surface area is 102 Å². The third-order valence-corrected chi connectivity index (χ3v) is 2.17. The van der Waals surface area contributed by atoms with Crippen LogP contribution in [0.4, 0.5) is 18.9 Å². The van der Waals surface area contributed by atoms with Crippen molar-refractivity contribution in [1.29, 1.82) is 0 Å². The van der Waals surface area contributed by atoms with Crippen LogP contribution in [0.1, 0.15) is 5.56 Å². The van der Waals surface area contributed by atoms with Crippen molar-refractivity contribution in [2.24, 2.45) is 0 Å². The zero-order valence-electron chi connectivity index (χ0n) is 9.67. The van der Waals surface area contributed by atoms with E-state index in [1.54, 1.807) is 30.4 Å². The molecular weight excluding hydrogens is 249 g/mol. The molecule has 18 heavy (non-hydrogen) atoms. The lowest BCUT2D eigenvalue weighted by Crippen LogP contribution is -2.36. The summed E-state index contributed by atoms with van der Waals surface area (Å²) in [4.78, 5) is 11.1. The van der Waals surface area contributed by atoms with Crippen molar-refractivity contribution in [3.05, 3.63) is 23.8 Å². The second-order valence-corrected chi connectivity index (χ2v) is 3.65. The normalized spacial score (nSPS) is 11.1. The SMILES string of the molecule is Cc1c(N)cccc1OCC(=O)NCC(F)(F)F. The first-order valence-electron chi connectivity index (χ1n) is 5.11. The average molecular weight is 262 g/mol. The number of halogens is 3. The maximum atomic E-state index is 11.8. The molecule has 0 radical (unpaired) electrons. The number of amides is 1. The van der Waals surface area contributed by atoms with Gasteiger partial charge in [0.2, 0.25) is 0 Å². The van der Waals surface area contributed by atoms with Crippen molar-refractivity contribution < 1.29 is 22.7 Å². The Morgan fingerprint density at radius 2 is 2.11 bits per heavy atom. The van der Waals surface area contributed by atoms with E-state index in [0.717, 1.165) is 0 Å². The first kappa shape index (κ1) is 14.1. The second kappa shape index (κ2) is 5.61. The van der Waals surface area contributed by atoms with Gasteiger partial charge in [0.15, 0.2) is 6.61 Å². The fourth-order valence-corrected chi connectivity index (χ4v) is 1.18. The number of alkyl halides is 3. The number of anilines is 1. The number of nitrogens with two attached hydrogens (primary N) is 1. The summed E-state index contributed by atoms with van der Waals surface area (Å²) in [5.41, 5.74) is 6.74. The minimum absolute atomic E-state index is 0.372. The highest BCUT2D eigenvalue weighted by atomic mass is 19.4. The maximum Gasteiger partial charge on any atom is 0.405 e. The van der Waals surface area contributed by atoms with Gasteiger partial charge in [-0.15, -0.1) is 0 Å². The van der Waals surface area contributed by atoms with E-state index in [1.165, 1.54) is 0 Å². The summed E-state index contributed by atoms with van der Waals surface area (Å²) in [6.07, 6.45) is -4.43. The third kappa shape index (κ3) is 4.52. The van der Waals surface area contributed by atoms with E-state index in [2.05, 4.69) is 0 Å². The number of rotatable bonds is 4. The van der Waals surface area contributed by atoms with Gasteiger partial charge in [0.1, 0.15) is 12.3 Å². The van der Waals surface area contributed by atoms with Crippen LogP contribution in [0.25, 0.3) is 0 Å². The second-order valence-electron chi connectivity index (χ2n) is 3.65. The summed E-state index contributed by atoms with van der Waals surface area (Å²) < 4.78 is 40.6. The third-order valence-electron chi connectivity index (χ3n) is 2.17. The molecule has 0 saturated carbocycles. The predicted molar refractivity (Wildman–Crippen MR) is 60.2 cm³/mol. The summed E-state index contributed by atoms with van der Waals surface area (Å²) >= 11 is 0. The molecule has 0 bridgehead atoms. The van der Waals surface area contributed by atoms with Crippen LogP contribution >= 0.6 is 0 Å². The fraction of sp³-hybridized carbons (Fsp3) is 0.364. The summed E-state index contributed by atoms with van der Waals surface area (Å²) in [5, 5.41) is 1.71. The molecule has 0 aromatic heterocycles. The molecule has 7 heteroatoms. The zero-order chi connectivity index (χ0) is 13.8. The van der Waals surface area contributed by atoms with Crippen LogP contribution < -0.4 is 15.8 Å². The van der Waals surface area contributed by atoms with Gasteiger partial charge >= 0.3 is 6.18 Å². The molecule has 1 aromatic rings. The van der Waals surface area contributed by atoms with Crippen molar-refractivity contribution in [1.82, 2.24) is 5.32 Å². The van der Waals surface area contributed by atoms with Gasteiger partial charge < -0.3 is 15.8 Å². The maximum absolute atomic E-state index is 11.8. The van der Waals surface area contributed by atoms with Gasteiger partial charge in [0.05, 0.1) is 0 Å². The lowest BCUT2D eigenvalue weighted by atomic mass is 10.2. The Hall–Kier alpha value is -1.92. The molecule has 3 N–H and O–H groups in total. The smallest absolute Gasteiger partial charge is 0.405 e. The van der Waals surface area contributed by atoms with Gasteiger partial charge in [-0.2, -0.15) is 13.2 Å². The molecule has 0 aliphatic carbocycles. The van der Waals surface area contributed by atoms with Gasteiger partial charge in [0, 0.05) is 11.3 Å². The molecule has 1 aromatic carbocycles. The molecule has 0 saturated heterocycles. The number of benzene rings is 1. The molecule has 0 aliphatic rings.